The maximum absolute atomic E-state index is 11.5. The van der Waals surface area contributed by atoms with Gasteiger partial charge >= 0.3 is 5.97 Å². The summed E-state index contributed by atoms with van der Waals surface area (Å²) >= 11 is 5.90. The van der Waals surface area contributed by atoms with Gasteiger partial charge in [0.15, 0.2) is 0 Å². The van der Waals surface area contributed by atoms with Crippen LogP contribution >= 0.6 is 67.8 Å². The van der Waals surface area contributed by atoms with Crippen molar-refractivity contribution in [2.75, 3.05) is 25.5 Å². The summed E-state index contributed by atoms with van der Waals surface area (Å²) in [5, 5.41) is 62.2. The molecule has 1 rings (SSSR count). The number of carboxylic acids is 1. The van der Waals surface area contributed by atoms with Gasteiger partial charge in [-0.1, -0.05) is 0 Å². The number of hydrogen-bond acceptors (Lipinski definition) is 9. The van der Waals surface area contributed by atoms with Crippen LogP contribution in [0.15, 0.2) is 0 Å². The van der Waals surface area contributed by atoms with Gasteiger partial charge in [0, 0.05) is 39.6 Å². The summed E-state index contributed by atoms with van der Waals surface area (Å²) in [5.74, 6) is -1.57. The Morgan fingerprint density at radius 3 is 1.82 bits per heavy atom. The number of carbonyl (C=O) groups excluding carboxylic acids is 2. The Kier molecular flexibility index (Phi) is 16.1. The lowest BCUT2D eigenvalue weighted by Gasteiger charge is -2.25. The number of halogens is 3. The number of anilines is 1. The molecule has 2 amide bonds. The maximum Gasteiger partial charge on any atom is 0.337 e. The van der Waals surface area contributed by atoms with Crippen molar-refractivity contribution in [3.05, 3.63) is 21.8 Å². The Morgan fingerprint density at radius 1 is 0.882 bits per heavy atom. The first kappa shape index (κ1) is 33.6. The first-order valence-corrected chi connectivity index (χ1v) is 12.9. The third-order valence-electron chi connectivity index (χ3n) is 4.18. The Labute approximate surface area is 237 Å². The first-order valence-electron chi connectivity index (χ1n) is 9.63. The Hall–Kier alpha value is -0.420. The second kappa shape index (κ2) is 16.3. The van der Waals surface area contributed by atoms with Crippen LogP contribution in [0.25, 0.3) is 0 Å². The monoisotopic (exact) mass is 823 g/mol. The van der Waals surface area contributed by atoms with E-state index >= 15 is 0 Å². The molecule has 4 atom stereocenters. The number of carboxylic acid groups (broad SMARTS) is 1. The lowest BCUT2D eigenvalue weighted by atomic mass is 10.0. The number of hydrogen-bond donors (Lipinski definition) is 9. The molecule has 0 aliphatic heterocycles. The second-order valence-corrected chi connectivity index (χ2v) is 10.2. The molecule has 0 unspecified atom stereocenters. The van der Waals surface area contributed by atoms with Gasteiger partial charge in [0.2, 0.25) is 11.8 Å². The molecule has 9 N–H and O–H groups in total. The van der Waals surface area contributed by atoms with Gasteiger partial charge in [-0.25, -0.2) is 4.79 Å². The minimum Gasteiger partial charge on any atom is -0.478 e. The van der Waals surface area contributed by atoms with E-state index in [4.69, 9.17) is 20.4 Å². The van der Waals surface area contributed by atoms with Crippen molar-refractivity contribution in [3.8, 4) is 0 Å². The number of nitrogens with one attached hydrogen (secondary N) is 3. The lowest BCUT2D eigenvalue weighted by Crippen LogP contribution is -2.48. The second-order valence-electron chi connectivity index (χ2n) is 6.92. The van der Waals surface area contributed by atoms with E-state index in [0.717, 1.165) is 3.57 Å². The van der Waals surface area contributed by atoms with E-state index in [1.54, 1.807) is 7.05 Å². The standard InChI is InChI=1S/C12H11I3N2O4.C7H17NO5/c1-4(18)16-3-6-8(13)7(12(20)21)10(15)11(9(6)14)17-5(2)19;1-8-2-4(10)6(12)7(13)5(11)3-9/h3H2,1-2H3,(H,16,18)(H,17,19)(H,20,21);4-13H,2-3H2,1H3/t;4-,5+,6-,7+/m.0/s1. The normalized spacial score (nSPS) is 14.2. The molecule has 0 heterocycles. The van der Waals surface area contributed by atoms with E-state index in [0.29, 0.717) is 18.4 Å². The zero-order chi connectivity index (χ0) is 26.7. The average Bonchev–Trinajstić information content (AvgIpc) is 2.74. The predicted octanol–water partition coefficient (Wildman–Crippen LogP) is -0.565. The molecular weight excluding hydrogens is 795 g/mol. The molecule has 0 saturated heterocycles. The summed E-state index contributed by atoms with van der Waals surface area (Å²) in [6.07, 6.45) is -5.65. The van der Waals surface area contributed by atoms with Gasteiger partial charge in [-0.3, -0.25) is 9.59 Å². The Bertz CT molecular complexity index is 873. The average molecular weight is 823 g/mol. The molecule has 194 valence electrons. The van der Waals surface area contributed by atoms with Gasteiger partial charge in [-0.15, -0.1) is 0 Å². The third-order valence-corrected chi connectivity index (χ3v) is 7.64. The quantitative estimate of drug-likeness (QED) is 0.138. The minimum atomic E-state index is -1.55. The van der Waals surface area contributed by atoms with Gasteiger partial charge in [0.05, 0.1) is 27.5 Å². The number of aliphatic hydroxyl groups is 5. The highest BCUT2D eigenvalue weighted by Gasteiger charge is 2.29. The van der Waals surface area contributed by atoms with Crippen LogP contribution in [0.5, 0.6) is 0 Å². The summed E-state index contributed by atoms with van der Waals surface area (Å²) in [6.45, 7) is 2.38. The van der Waals surface area contributed by atoms with Crippen molar-refractivity contribution in [1.29, 1.82) is 0 Å². The molecule has 0 bridgehead atoms. The van der Waals surface area contributed by atoms with Crippen molar-refractivity contribution in [2.24, 2.45) is 0 Å². The van der Waals surface area contributed by atoms with Gasteiger partial charge in [0.1, 0.15) is 18.3 Å². The molecule has 34 heavy (non-hydrogen) atoms. The molecule has 0 aromatic heterocycles. The van der Waals surface area contributed by atoms with E-state index in [1.807, 2.05) is 67.8 Å². The number of aliphatic hydroxyl groups excluding tert-OH is 5. The zero-order valence-corrected chi connectivity index (χ0v) is 24.9. The highest BCUT2D eigenvalue weighted by Crippen LogP contribution is 2.35. The van der Waals surface area contributed by atoms with Crippen LogP contribution in [-0.2, 0) is 16.1 Å². The van der Waals surface area contributed by atoms with E-state index in [2.05, 4.69) is 16.0 Å². The number of likely N-dealkylation sites (N-methyl/N-ethyl adjacent to an activating group) is 1. The van der Waals surface area contributed by atoms with Crippen LogP contribution in [0.3, 0.4) is 0 Å². The van der Waals surface area contributed by atoms with Gasteiger partial charge < -0.3 is 46.6 Å². The molecule has 15 heteroatoms. The fourth-order valence-corrected chi connectivity index (χ4v) is 6.73. The molecular formula is C19H28I3N3O9. The predicted molar refractivity (Wildman–Crippen MR) is 148 cm³/mol. The van der Waals surface area contributed by atoms with Gasteiger partial charge in [0.25, 0.3) is 0 Å². The van der Waals surface area contributed by atoms with Crippen LogP contribution < -0.4 is 16.0 Å². The molecule has 0 fully saturated rings. The largest absolute Gasteiger partial charge is 0.478 e. The SMILES string of the molecule is CC(=O)NCc1c(I)c(NC(C)=O)c(I)c(C(=O)O)c1I.CNC[C@H](O)[C@H](O)[C@H](O)[C@H](O)CO. The van der Waals surface area contributed by atoms with Crippen LogP contribution in [-0.4, -0.2) is 93.0 Å². The molecule has 0 aliphatic rings. The Balaban J connectivity index is 0.000000722. The van der Waals surface area contributed by atoms with Crippen LogP contribution in [0, 0.1) is 10.7 Å². The highest BCUT2D eigenvalue weighted by molar-refractivity contribution is 14.1. The summed E-state index contributed by atoms with van der Waals surface area (Å²) < 4.78 is 1.74. The van der Waals surface area contributed by atoms with Crippen LogP contribution in [0.1, 0.15) is 29.8 Å². The van der Waals surface area contributed by atoms with Crippen molar-refractivity contribution in [3.63, 3.8) is 0 Å². The summed E-state index contributed by atoms with van der Waals surface area (Å²) in [5.41, 5.74) is 1.26. The van der Waals surface area contributed by atoms with Crippen molar-refractivity contribution < 1.29 is 45.0 Å². The third kappa shape index (κ3) is 10.3. The smallest absolute Gasteiger partial charge is 0.337 e. The molecule has 0 aliphatic carbocycles. The fraction of sp³-hybridized carbons (Fsp3) is 0.526. The number of carbonyl (C=O) groups is 3. The van der Waals surface area contributed by atoms with Crippen LogP contribution in [0.4, 0.5) is 5.69 Å². The number of rotatable bonds is 10. The molecule has 0 spiro atoms. The fourth-order valence-electron chi connectivity index (χ4n) is 2.45. The summed E-state index contributed by atoms with van der Waals surface area (Å²) in [4.78, 5) is 33.9. The van der Waals surface area contributed by atoms with Gasteiger partial charge in [-0.2, -0.15) is 0 Å². The van der Waals surface area contributed by atoms with Crippen LogP contribution in [0.2, 0.25) is 0 Å². The molecule has 1 aromatic carbocycles. The molecule has 1 aromatic rings. The summed E-state index contributed by atoms with van der Waals surface area (Å²) in [6, 6.07) is 0. The van der Waals surface area contributed by atoms with Crippen molar-refractivity contribution >= 4 is 91.2 Å². The zero-order valence-electron chi connectivity index (χ0n) is 18.5. The van der Waals surface area contributed by atoms with Gasteiger partial charge in [-0.05, 0) is 74.8 Å². The van der Waals surface area contributed by atoms with E-state index in [1.165, 1.54) is 13.8 Å². The molecule has 12 nitrogen and oxygen atoms in total. The van der Waals surface area contributed by atoms with E-state index < -0.39 is 37.0 Å². The number of amides is 2. The lowest BCUT2D eigenvalue weighted by molar-refractivity contribution is -0.119. The summed E-state index contributed by atoms with van der Waals surface area (Å²) in [7, 11) is 1.57. The van der Waals surface area contributed by atoms with Crippen molar-refractivity contribution in [1.82, 2.24) is 10.6 Å². The Morgan fingerprint density at radius 2 is 1.41 bits per heavy atom. The number of benzene rings is 1. The molecule has 0 saturated carbocycles. The minimum absolute atomic E-state index is 0.0936. The number of aromatic carboxylic acids is 1. The van der Waals surface area contributed by atoms with E-state index in [9.17, 15) is 24.6 Å². The van der Waals surface area contributed by atoms with E-state index in [-0.39, 0.29) is 30.5 Å². The highest BCUT2D eigenvalue weighted by atomic mass is 127. The topological polar surface area (TPSA) is 209 Å². The van der Waals surface area contributed by atoms with Crippen molar-refractivity contribution in [2.45, 2.75) is 44.8 Å². The first-order chi connectivity index (χ1) is 15.7. The molecule has 0 radical (unpaired) electrons. The maximum atomic E-state index is 11.5.